The number of benzene rings is 5. The van der Waals surface area contributed by atoms with Crippen LogP contribution in [0.15, 0.2) is 121 Å². The zero-order valence-electron chi connectivity index (χ0n) is 21.3. The third-order valence-electron chi connectivity index (χ3n) is 7.28. The monoisotopic (exact) mass is 500 g/mol. The summed E-state index contributed by atoms with van der Waals surface area (Å²) in [6, 6.07) is 43.0. The van der Waals surface area contributed by atoms with Crippen molar-refractivity contribution in [2.24, 2.45) is 0 Å². The summed E-state index contributed by atoms with van der Waals surface area (Å²) in [6.07, 6.45) is 0. The van der Waals surface area contributed by atoms with Crippen molar-refractivity contribution in [2.75, 3.05) is 9.80 Å². The van der Waals surface area contributed by atoms with E-state index in [1.807, 2.05) is 12.1 Å². The lowest BCUT2D eigenvalue weighted by Crippen LogP contribution is -2.30. The first-order chi connectivity index (χ1) is 17.9. The smallest absolute Gasteiger partial charge is 0.0504 e. The highest BCUT2D eigenvalue weighted by atomic mass is 35.5. The van der Waals surface area contributed by atoms with Crippen molar-refractivity contribution in [3.8, 4) is 0 Å². The Morgan fingerprint density at radius 2 is 1.24 bits per heavy atom. The van der Waals surface area contributed by atoms with Gasteiger partial charge in [0.05, 0.1) is 11.4 Å². The van der Waals surface area contributed by atoms with Crippen LogP contribution in [0.25, 0.3) is 0 Å². The van der Waals surface area contributed by atoms with Crippen molar-refractivity contribution >= 4 is 45.7 Å². The second-order valence-electron chi connectivity index (χ2n) is 10.2. The molecule has 1 heterocycles. The van der Waals surface area contributed by atoms with Crippen LogP contribution in [0.5, 0.6) is 0 Å². The van der Waals surface area contributed by atoms with E-state index in [0.29, 0.717) is 0 Å². The van der Waals surface area contributed by atoms with Crippen LogP contribution in [0.4, 0.5) is 34.1 Å². The molecule has 3 heteroatoms. The van der Waals surface area contributed by atoms with Gasteiger partial charge in [0, 0.05) is 33.2 Å². The average molecular weight is 501 g/mol. The number of anilines is 6. The van der Waals surface area contributed by atoms with Crippen molar-refractivity contribution in [1.29, 1.82) is 0 Å². The molecule has 0 atom stereocenters. The number of rotatable bonds is 4. The predicted octanol–water partition coefficient (Wildman–Crippen LogP) is 10.2. The lowest BCUT2D eigenvalue weighted by atomic mass is 9.73. The number of halogens is 1. The molecule has 0 bridgehead atoms. The van der Waals surface area contributed by atoms with E-state index in [9.17, 15) is 0 Å². The topological polar surface area (TPSA) is 6.48 Å². The van der Waals surface area contributed by atoms with E-state index in [1.54, 1.807) is 0 Å². The van der Waals surface area contributed by atoms with Gasteiger partial charge in [0.1, 0.15) is 0 Å². The van der Waals surface area contributed by atoms with Crippen molar-refractivity contribution in [3.05, 3.63) is 143 Å². The van der Waals surface area contributed by atoms with E-state index in [0.717, 1.165) is 33.3 Å². The molecule has 0 unspecified atom stereocenters. The quantitative estimate of drug-likeness (QED) is 0.242. The number of aryl methyl sites for hydroxylation is 1. The molecule has 0 aromatic heterocycles. The Morgan fingerprint density at radius 3 is 1.97 bits per heavy atom. The molecular weight excluding hydrogens is 472 g/mol. The molecule has 5 aromatic carbocycles. The molecule has 6 rings (SSSR count). The maximum atomic E-state index is 6.54. The Balaban J connectivity index is 1.59. The second-order valence-corrected chi connectivity index (χ2v) is 10.6. The summed E-state index contributed by atoms with van der Waals surface area (Å²) in [5.74, 6) is 0. The Kier molecular flexibility index (Phi) is 5.78. The highest BCUT2D eigenvalue weighted by molar-refractivity contribution is 6.31. The first-order valence-electron chi connectivity index (χ1n) is 12.6. The first kappa shape index (κ1) is 23.4. The normalized spacial score (nSPS) is 13.6. The highest BCUT2D eigenvalue weighted by Crippen LogP contribution is 2.53. The van der Waals surface area contributed by atoms with E-state index >= 15 is 0 Å². The zero-order chi connectivity index (χ0) is 25.6. The summed E-state index contributed by atoms with van der Waals surface area (Å²) < 4.78 is 0. The molecule has 5 aromatic rings. The summed E-state index contributed by atoms with van der Waals surface area (Å²) in [5, 5.41) is 0.735. The third kappa shape index (κ3) is 4.08. The third-order valence-corrected chi connectivity index (χ3v) is 7.50. The molecule has 0 amide bonds. The van der Waals surface area contributed by atoms with Crippen LogP contribution >= 0.6 is 11.6 Å². The van der Waals surface area contributed by atoms with E-state index in [1.165, 1.54) is 22.5 Å². The van der Waals surface area contributed by atoms with Crippen LogP contribution in [0.3, 0.4) is 0 Å². The zero-order valence-corrected chi connectivity index (χ0v) is 22.1. The second kappa shape index (κ2) is 9.14. The van der Waals surface area contributed by atoms with Crippen molar-refractivity contribution in [2.45, 2.75) is 26.2 Å². The summed E-state index contributed by atoms with van der Waals surface area (Å²) in [4.78, 5) is 4.68. The number of hydrogen-bond donors (Lipinski definition) is 0. The SMILES string of the molecule is Cc1cc(Cl)cc(N(c2ccccc2)c2ccc3c(c2)C(C)(C)c2ccccc2N3c2ccccc2)c1. The van der Waals surface area contributed by atoms with Crippen LogP contribution in [-0.4, -0.2) is 0 Å². The molecule has 0 saturated heterocycles. The largest absolute Gasteiger partial charge is 0.310 e. The Bertz CT molecular complexity index is 1550. The highest BCUT2D eigenvalue weighted by Gasteiger charge is 2.37. The molecule has 37 heavy (non-hydrogen) atoms. The van der Waals surface area contributed by atoms with Gasteiger partial charge in [0.15, 0.2) is 0 Å². The molecule has 182 valence electrons. The van der Waals surface area contributed by atoms with Gasteiger partial charge in [-0.2, -0.15) is 0 Å². The lowest BCUT2D eigenvalue weighted by Gasteiger charge is -2.42. The molecule has 0 radical (unpaired) electrons. The van der Waals surface area contributed by atoms with E-state index < -0.39 is 0 Å². The minimum absolute atomic E-state index is 0.181. The Hall–Kier alpha value is -4.01. The fraction of sp³-hybridized carbons (Fsp3) is 0.118. The van der Waals surface area contributed by atoms with Crippen LogP contribution in [-0.2, 0) is 5.41 Å². The summed E-state index contributed by atoms with van der Waals surface area (Å²) in [7, 11) is 0. The molecule has 0 saturated carbocycles. The number of hydrogen-bond acceptors (Lipinski definition) is 2. The summed E-state index contributed by atoms with van der Waals surface area (Å²) >= 11 is 6.54. The van der Waals surface area contributed by atoms with Gasteiger partial charge in [-0.1, -0.05) is 80.0 Å². The van der Waals surface area contributed by atoms with Gasteiger partial charge in [0.2, 0.25) is 0 Å². The molecule has 0 N–H and O–H groups in total. The summed E-state index contributed by atoms with van der Waals surface area (Å²) in [5.41, 5.74) is 10.4. The standard InChI is InChI=1S/C34H29ClN2/c1-24-20-25(35)22-29(21-24)36(26-12-6-4-7-13-26)28-18-19-33-31(23-28)34(2,3)30-16-10-11-17-32(30)37(33)27-14-8-5-9-15-27/h4-23H,1-3H3. The van der Waals surface area contributed by atoms with Gasteiger partial charge >= 0.3 is 0 Å². The molecule has 1 aliphatic rings. The fourth-order valence-corrected chi connectivity index (χ4v) is 5.84. The Morgan fingerprint density at radius 1 is 0.595 bits per heavy atom. The van der Waals surface area contributed by atoms with E-state index in [2.05, 4.69) is 140 Å². The van der Waals surface area contributed by atoms with Gasteiger partial charge in [0.25, 0.3) is 0 Å². The lowest BCUT2D eigenvalue weighted by molar-refractivity contribution is 0.632. The van der Waals surface area contributed by atoms with Gasteiger partial charge < -0.3 is 9.80 Å². The van der Waals surface area contributed by atoms with Crippen LogP contribution < -0.4 is 9.80 Å². The van der Waals surface area contributed by atoms with E-state index in [4.69, 9.17) is 11.6 Å². The molecule has 0 fully saturated rings. The number of nitrogens with zero attached hydrogens (tertiary/aromatic N) is 2. The van der Waals surface area contributed by atoms with Gasteiger partial charge in [-0.3, -0.25) is 0 Å². The Labute approximate surface area is 224 Å². The molecule has 1 aliphatic heterocycles. The summed E-state index contributed by atoms with van der Waals surface area (Å²) in [6.45, 7) is 6.74. The average Bonchev–Trinajstić information content (AvgIpc) is 2.90. The minimum atomic E-state index is -0.181. The minimum Gasteiger partial charge on any atom is -0.310 e. The number of para-hydroxylation sites is 3. The maximum absolute atomic E-state index is 6.54. The predicted molar refractivity (Wildman–Crippen MR) is 158 cm³/mol. The van der Waals surface area contributed by atoms with Crippen molar-refractivity contribution in [3.63, 3.8) is 0 Å². The fourth-order valence-electron chi connectivity index (χ4n) is 5.56. The van der Waals surface area contributed by atoms with Gasteiger partial charge in [-0.25, -0.2) is 0 Å². The van der Waals surface area contributed by atoms with Crippen molar-refractivity contribution in [1.82, 2.24) is 0 Å². The van der Waals surface area contributed by atoms with Gasteiger partial charge in [-0.15, -0.1) is 0 Å². The first-order valence-corrected chi connectivity index (χ1v) is 13.0. The van der Waals surface area contributed by atoms with E-state index in [-0.39, 0.29) is 5.41 Å². The van der Waals surface area contributed by atoms with Crippen LogP contribution in [0.2, 0.25) is 5.02 Å². The molecule has 0 spiro atoms. The molecular formula is C34H29ClN2. The van der Waals surface area contributed by atoms with Crippen LogP contribution in [0.1, 0.15) is 30.5 Å². The maximum Gasteiger partial charge on any atom is 0.0504 e. The van der Waals surface area contributed by atoms with Gasteiger partial charge in [-0.05, 0) is 90.3 Å². The molecule has 2 nitrogen and oxygen atoms in total. The molecule has 0 aliphatic carbocycles. The van der Waals surface area contributed by atoms with Crippen LogP contribution in [0, 0.1) is 6.92 Å². The number of fused-ring (bicyclic) bond motifs is 2. The van der Waals surface area contributed by atoms with Crippen molar-refractivity contribution < 1.29 is 0 Å².